The number of aryl methyl sites for hydroxylation is 1. The molecule has 23 heavy (non-hydrogen) atoms. The van der Waals surface area contributed by atoms with Crippen LogP contribution in [0.3, 0.4) is 0 Å². The van der Waals surface area contributed by atoms with Gasteiger partial charge in [-0.1, -0.05) is 35.9 Å². The lowest BCUT2D eigenvalue weighted by Crippen LogP contribution is -2.26. The number of aromatic nitrogens is 1. The Morgan fingerprint density at radius 2 is 2.04 bits per heavy atom. The van der Waals surface area contributed by atoms with Crippen LogP contribution < -0.4 is 5.32 Å². The predicted molar refractivity (Wildman–Crippen MR) is 90.5 cm³/mol. The molecule has 1 amide bonds. The van der Waals surface area contributed by atoms with Gasteiger partial charge in [-0.05, 0) is 42.7 Å². The summed E-state index contributed by atoms with van der Waals surface area (Å²) in [6.45, 7) is 2.26. The zero-order chi connectivity index (χ0) is 16.4. The Labute approximate surface area is 138 Å². The lowest BCUT2D eigenvalue weighted by molar-refractivity contribution is 0.0949. The van der Waals surface area contributed by atoms with Gasteiger partial charge >= 0.3 is 0 Å². The molecule has 118 valence electrons. The number of carbonyl (C=O) groups excluding carboxylic acids is 1. The summed E-state index contributed by atoms with van der Waals surface area (Å²) in [5, 5.41) is 4.40. The van der Waals surface area contributed by atoms with E-state index >= 15 is 0 Å². The van der Waals surface area contributed by atoms with Gasteiger partial charge in [0.05, 0.1) is 0 Å². The van der Waals surface area contributed by atoms with Crippen molar-refractivity contribution in [3.63, 3.8) is 0 Å². The van der Waals surface area contributed by atoms with Crippen LogP contribution in [0, 0.1) is 12.7 Å². The van der Waals surface area contributed by atoms with E-state index in [-0.39, 0.29) is 11.7 Å². The van der Waals surface area contributed by atoms with Crippen molar-refractivity contribution in [1.82, 2.24) is 10.3 Å². The Morgan fingerprint density at radius 1 is 1.26 bits per heavy atom. The van der Waals surface area contributed by atoms with Crippen molar-refractivity contribution >= 4 is 28.4 Å². The Bertz CT molecular complexity index is 873. The summed E-state index contributed by atoms with van der Waals surface area (Å²) < 4.78 is 13.5. The third-order valence-corrected chi connectivity index (χ3v) is 4.12. The highest BCUT2D eigenvalue weighted by molar-refractivity contribution is 6.31. The van der Waals surface area contributed by atoms with E-state index in [1.807, 2.05) is 13.0 Å². The Hall–Kier alpha value is -2.33. The molecule has 0 aliphatic carbocycles. The van der Waals surface area contributed by atoms with Crippen molar-refractivity contribution in [3.05, 3.63) is 70.1 Å². The summed E-state index contributed by atoms with van der Waals surface area (Å²) >= 11 is 5.97. The average Bonchev–Trinajstić information content (AvgIpc) is 2.85. The van der Waals surface area contributed by atoms with Crippen LogP contribution in [0.5, 0.6) is 0 Å². The lowest BCUT2D eigenvalue weighted by atomic mass is 10.1. The van der Waals surface area contributed by atoms with Gasteiger partial charge in [-0.15, -0.1) is 0 Å². The van der Waals surface area contributed by atoms with E-state index in [1.165, 1.54) is 6.07 Å². The minimum atomic E-state index is -0.252. The first kappa shape index (κ1) is 15.6. The number of rotatable bonds is 4. The summed E-state index contributed by atoms with van der Waals surface area (Å²) in [7, 11) is 0. The molecule has 0 atom stereocenters. The second-order valence-corrected chi connectivity index (χ2v) is 5.85. The van der Waals surface area contributed by atoms with Crippen LogP contribution in [0.1, 0.15) is 21.6 Å². The number of fused-ring (bicyclic) bond motifs is 1. The maximum absolute atomic E-state index is 13.5. The topological polar surface area (TPSA) is 44.9 Å². The molecule has 1 heterocycles. The maximum Gasteiger partial charge on any atom is 0.268 e. The number of carbonyl (C=O) groups is 1. The molecule has 0 aliphatic heterocycles. The van der Waals surface area contributed by atoms with Gasteiger partial charge in [0.2, 0.25) is 0 Å². The van der Waals surface area contributed by atoms with Crippen LogP contribution in [0.2, 0.25) is 5.02 Å². The Balaban J connectivity index is 1.71. The van der Waals surface area contributed by atoms with Gasteiger partial charge in [-0.2, -0.15) is 0 Å². The standard InChI is InChI=1S/C18H16ClFN2O/c1-11-14-7-6-13(19)10-16(14)22-17(11)18(23)21-9-8-12-4-2-3-5-15(12)20/h2-7,10,22H,8-9H2,1H3,(H,21,23). The van der Waals surface area contributed by atoms with Crippen LogP contribution in [0.4, 0.5) is 4.39 Å². The number of benzene rings is 2. The highest BCUT2D eigenvalue weighted by Gasteiger charge is 2.14. The first-order valence-corrected chi connectivity index (χ1v) is 7.73. The second kappa shape index (κ2) is 6.42. The third-order valence-electron chi connectivity index (χ3n) is 3.89. The number of hydrogen-bond acceptors (Lipinski definition) is 1. The first-order valence-electron chi connectivity index (χ1n) is 7.35. The van der Waals surface area contributed by atoms with Gasteiger partial charge in [0.25, 0.3) is 5.91 Å². The summed E-state index contributed by atoms with van der Waals surface area (Å²) in [5.41, 5.74) is 2.80. The highest BCUT2D eigenvalue weighted by Crippen LogP contribution is 2.24. The van der Waals surface area contributed by atoms with Crippen molar-refractivity contribution < 1.29 is 9.18 Å². The maximum atomic E-state index is 13.5. The molecule has 5 heteroatoms. The Morgan fingerprint density at radius 3 is 2.83 bits per heavy atom. The molecule has 0 saturated carbocycles. The van der Waals surface area contributed by atoms with E-state index in [2.05, 4.69) is 10.3 Å². The highest BCUT2D eigenvalue weighted by atomic mass is 35.5. The molecule has 3 rings (SSSR count). The zero-order valence-electron chi connectivity index (χ0n) is 12.6. The zero-order valence-corrected chi connectivity index (χ0v) is 13.4. The van der Waals surface area contributed by atoms with Crippen LogP contribution in [0.15, 0.2) is 42.5 Å². The first-order chi connectivity index (χ1) is 11.1. The van der Waals surface area contributed by atoms with Gasteiger partial charge in [0, 0.05) is 22.5 Å². The van der Waals surface area contributed by atoms with Gasteiger partial charge in [0.1, 0.15) is 11.5 Å². The average molecular weight is 331 g/mol. The van der Waals surface area contributed by atoms with Crippen molar-refractivity contribution in [2.24, 2.45) is 0 Å². The summed E-state index contributed by atoms with van der Waals surface area (Å²) in [6, 6.07) is 12.0. The summed E-state index contributed by atoms with van der Waals surface area (Å²) in [5.74, 6) is -0.454. The molecular formula is C18H16ClFN2O. The van der Waals surface area contributed by atoms with E-state index in [0.29, 0.717) is 29.2 Å². The molecule has 0 radical (unpaired) electrons. The number of H-pyrrole nitrogens is 1. The fraction of sp³-hybridized carbons (Fsp3) is 0.167. The van der Waals surface area contributed by atoms with Gasteiger partial charge < -0.3 is 10.3 Å². The van der Waals surface area contributed by atoms with E-state index in [9.17, 15) is 9.18 Å². The molecule has 1 aromatic heterocycles. The van der Waals surface area contributed by atoms with Gasteiger partial charge in [0.15, 0.2) is 0 Å². The van der Waals surface area contributed by atoms with Crippen LogP contribution in [0.25, 0.3) is 10.9 Å². The SMILES string of the molecule is Cc1c(C(=O)NCCc2ccccc2F)[nH]c2cc(Cl)ccc12. The molecule has 3 nitrogen and oxygen atoms in total. The lowest BCUT2D eigenvalue weighted by Gasteiger charge is -2.06. The van der Waals surface area contributed by atoms with E-state index in [1.54, 1.807) is 30.3 Å². The number of aromatic amines is 1. The molecular weight excluding hydrogens is 315 g/mol. The molecule has 0 bridgehead atoms. The van der Waals surface area contributed by atoms with Crippen molar-refractivity contribution in [2.45, 2.75) is 13.3 Å². The van der Waals surface area contributed by atoms with Gasteiger partial charge in [-0.25, -0.2) is 4.39 Å². The number of hydrogen-bond donors (Lipinski definition) is 2. The fourth-order valence-corrected chi connectivity index (χ4v) is 2.81. The smallest absolute Gasteiger partial charge is 0.268 e. The van der Waals surface area contributed by atoms with Crippen molar-refractivity contribution in [2.75, 3.05) is 6.54 Å². The number of nitrogens with one attached hydrogen (secondary N) is 2. The van der Waals surface area contributed by atoms with E-state index < -0.39 is 0 Å². The predicted octanol–water partition coefficient (Wildman–Crippen LogP) is 4.24. The molecule has 0 saturated heterocycles. The minimum Gasteiger partial charge on any atom is -0.350 e. The molecule has 3 aromatic rings. The van der Waals surface area contributed by atoms with Crippen LogP contribution >= 0.6 is 11.6 Å². The van der Waals surface area contributed by atoms with Crippen LogP contribution in [-0.2, 0) is 6.42 Å². The molecule has 0 aliphatic rings. The van der Waals surface area contributed by atoms with E-state index in [0.717, 1.165) is 16.5 Å². The van der Waals surface area contributed by atoms with Crippen molar-refractivity contribution in [3.8, 4) is 0 Å². The van der Waals surface area contributed by atoms with Gasteiger partial charge in [-0.3, -0.25) is 4.79 Å². The second-order valence-electron chi connectivity index (χ2n) is 5.41. The fourth-order valence-electron chi connectivity index (χ4n) is 2.64. The molecule has 2 aromatic carbocycles. The number of halogens is 2. The van der Waals surface area contributed by atoms with E-state index in [4.69, 9.17) is 11.6 Å². The van der Waals surface area contributed by atoms with Crippen molar-refractivity contribution in [1.29, 1.82) is 0 Å². The minimum absolute atomic E-state index is 0.203. The largest absolute Gasteiger partial charge is 0.350 e. The van der Waals surface area contributed by atoms with Crippen LogP contribution in [-0.4, -0.2) is 17.4 Å². The quantitative estimate of drug-likeness (QED) is 0.738. The molecule has 0 unspecified atom stereocenters. The normalized spacial score (nSPS) is 10.9. The third kappa shape index (κ3) is 3.22. The molecule has 2 N–H and O–H groups in total. The molecule has 0 spiro atoms. The summed E-state index contributed by atoms with van der Waals surface area (Å²) in [6.07, 6.45) is 0.448. The summed E-state index contributed by atoms with van der Waals surface area (Å²) in [4.78, 5) is 15.4. The molecule has 0 fully saturated rings. The monoisotopic (exact) mass is 330 g/mol. The Kier molecular flexibility index (Phi) is 4.35. The number of amides is 1.